The molecule has 36 heavy (non-hydrogen) atoms. The largest absolute Gasteiger partial charge is 0.325 e. The van der Waals surface area contributed by atoms with Gasteiger partial charge in [-0.1, -0.05) is 42.8 Å². The number of para-hydroxylation sites is 2. The lowest BCUT2D eigenvalue weighted by atomic mass is 10.0. The smallest absolute Gasteiger partial charge is 0.278 e. The van der Waals surface area contributed by atoms with Crippen molar-refractivity contribution in [3.63, 3.8) is 0 Å². The molecule has 184 valence electrons. The molecule has 0 aliphatic heterocycles. The molecule has 2 N–H and O–H groups in total. The fraction of sp³-hybridized carbons (Fsp3) is 0.241. The van der Waals surface area contributed by atoms with E-state index in [0.29, 0.717) is 34.4 Å². The zero-order chi connectivity index (χ0) is 26.0. The zero-order valence-electron chi connectivity index (χ0n) is 21.2. The summed E-state index contributed by atoms with van der Waals surface area (Å²) in [5.74, 6) is -0.473. The van der Waals surface area contributed by atoms with Gasteiger partial charge in [0.25, 0.3) is 5.56 Å². The van der Waals surface area contributed by atoms with Gasteiger partial charge in [0.1, 0.15) is 11.7 Å². The first-order valence-corrected chi connectivity index (χ1v) is 12.0. The molecule has 0 bridgehead atoms. The fourth-order valence-electron chi connectivity index (χ4n) is 4.16. The number of carbonyl (C=O) groups excluding carboxylic acids is 2. The highest BCUT2D eigenvalue weighted by molar-refractivity contribution is 5.97. The summed E-state index contributed by atoms with van der Waals surface area (Å²) in [6.45, 7) is 9.31. The van der Waals surface area contributed by atoms with Crippen LogP contribution in [0, 0.1) is 20.8 Å². The summed E-state index contributed by atoms with van der Waals surface area (Å²) in [6, 6.07) is 17.6. The van der Waals surface area contributed by atoms with Crippen LogP contribution in [0.15, 0.2) is 65.5 Å². The topological polar surface area (TPSA) is 93.1 Å². The van der Waals surface area contributed by atoms with Crippen molar-refractivity contribution in [2.75, 3.05) is 10.6 Å². The van der Waals surface area contributed by atoms with E-state index in [2.05, 4.69) is 15.6 Å². The van der Waals surface area contributed by atoms with E-state index in [-0.39, 0.29) is 17.5 Å². The molecule has 1 heterocycles. The minimum atomic E-state index is -0.817. The van der Waals surface area contributed by atoms with Crippen LogP contribution in [0.1, 0.15) is 43.0 Å². The van der Waals surface area contributed by atoms with Crippen LogP contribution >= 0.6 is 0 Å². The number of aryl methyl sites for hydroxylation is 2. The van der Waals surface area contributed by atoms with Gasteiger partial charge in [-0.25, -0.2) is 4.98 Å². The molecule has 1 aromatic heterocycles. The second-order valence-electron chi connectivity index (χ2n) is 8.99. The Kier molecular flexibility index (Phi) is 7.01. The van der Waals surface area contributed by atoms with Crippen molar-refractivity contribution in [2.24, 2.45) is 0 Å². The number of carbonyl (C=O) groups is 2. The summed E-state index contributed by atoms with van der Waals surface area (Å²) < 4.78 is 1.48. The first-order valence-electron chi connectivity index (χ1n) is 12.0. The molecule has 3 aromatic carbocycles. The first-order chi connectivity index (χ1) is 17.2. The molecular weight excluding hydrogens is 452 g/mol. The zero-order valence-corrected chi connectivity index (χ0v) is 21.2. The quantitative estimate of drug-likeness (QED) is 0.378. The molecule has 4 aromatic rings. The number of nitrogens with zero attached hydrogens (tertiary/aromatic N) is 2. The lowest BCUT2D eigenvalue weighted by Crippen LogP contribution is -2.33. The maximum atomic E-state index is 13.9. The number of nitrogens with one attached hydrogen (secondary N) is 2. The molecule has 0 aliphatic rings. The van der Waals surface area contributed by atoms with E-state index in [0.717, 1.165) is 16.7 Å². The standard InChI is InChI=1S/C29H30N4O3/c1-6-26(34)30-23-15-14-17(2)16-21(23)27-29(36)33(25-13-8-7-11-24(25)31-27)20(5)28(35)32-22-12-9-10-18(3)19(22)4/h7-16,20H,6H2,1-5H3,(H,30,34)(H,32,35)/t20-/m1/s1. The number of benzene rings is 3. The van der Waals surface area contributed by atoms with E-state index in [9.17, 15) is 14.4 Å². The summed E-state index contributed by atoms with van der Waals surface area (Å²) in [6.07, 6.45) is 0.304. The summed E-state index contributed by atoms with van der Waals surface area (Å²) in [7, 11) is 0. The van der Waals surface area contributed by atoms with Gasteiger partial charge in [0.15, 0.2) is 0 Å². The third-order valence-electron chi connectivity index (χ3n) is 6.45. The van der Waals surface area contributed by atoms with Crippen molar-refractivity contribution in [2.45, 2.75) is 47.1 Å². The highest BCUT2D eigenvalue weighted by atomic mass is 16.2. The van der Waals surface area contributed by atoms with E-state index in [1.54, 1.807) is 26.0 Å². The Labute approximate surface area is 210 Å². The second-order valence-corrected chi connectivity index (χ2v) is 8.99. The third kappa shape index (κ3) is 4.77. The SMILES string of the molecule is CCC(=O)Nc1ccc(C)cc1-c1nc2ccccc2n([C@H](C)C(=O)Nc2cccc(C)c2C)c1=O. The van der Waals surface area contributed by atoms with Crippen LogP contribution < -0.4 is 16.2 Å². The number of aromatic nitrogens is 2. The molecule has 0 unspecified atom stereocenters. The maximum Gasteiger partial charge on any atom is 0.278 e. The van der Waals surface area contributed by atoms with Crippen molar-refractivity contribution >= 4 is 34.2 Å². The molecule has 0 spiro atoms. The number of hydrogen-bond acceptors (Lipinski definition) is 4. The normalized spacial score (nSPS) is 11.8. The number of hydrogen-bond donors (Lipinski definition) is 2. The molecule has 0 fully saturated rings. The molecule has 7 nitrogen and oxygen atoms in total. The average Bonchev–Trinajstić information content (AvgIpc) is 2.87. The van der Waals surface area contributed by atoms with Crippen molar-refractivity contribution in [3.8, 4) is 11.3 Å². The fourth-order valence-corrected chi connectivity index (χ4v) is 4.16. The van der Waals surface area contributed by atoms with Crippen LogP contribution in [-0.2, 0) is 9.59 Å². The number of anilines is 2. The molecule has 0 saturated heterocycles. The van der Waals surface area contributed by atoms with Gasteiger partial charge in [0.2, 0.25) is 11.8 Å². The van der Waals surface area contributed by atoms with Gasteiger partial charge < -0.3 is 10.6 Å². The number of fused-ring (bicyclic) bond motifs is 1. The minimum absolute atomic E-state index is 0.164. The Balaban J connectivity index is 1.87. The number of rotatable bonds is 6. The molecule has 0 saturated carbocycles. The van der Waals surface area contributed by atoms with Gasteiger partial charge >= 0.3 is 0 Å². The molecule has 2 amide bonds. The van der Waals surface area contributed by atoms with Crippen molar-refractivity contribution in [1.82, 2.24) is 9.55 Å². The molecular formula is C29H30N4O3. The maximum absolute atomic E-state index is 13.9. The lowest BCUT2D eigenvalue weighted by Gasteiger charge is -2.20. The van der Waals surface area contributed by atoms with Crippen LogP contribution in [0.3, 0.4) is 0 Å². The highest BCUT2D eigenvalue weighted by Gasteiger charge is 2.24. The average molecular weight is 483 g/mol. The predicted molar refractivity (Wildman–Crippen MR) is 144 cm³/mol. The lowest BCUT2D eigenvalue weighted by molar-refractivity contribution is -0.119. The molecule has 4 rings (SSSR count). The van der Waals surface area contributed by atoms with Crippen LogP contribution in [0.4, 0.5) is 11.4 Å². The van der Waals surface area contributed by atoms with Crippen molar-refractivity contribution < 1.29 is 9.59 Å². The van der Waals surface area contributed by atoms with Gasteiger partial charge in [-0.15, -0.1) is 0 Å². The summed E-state index contributed by atoms with van der Waals surface area (Å²) in [5, 5.41) is 5.85. The van der Waals surface area contributed by atoms with Crippen LogP contribution in [0.2, 0.25) is 0 Å². The Morgan fingerprint density at radius 3 is 2.44 bits per heavy atom. The van der Waals surface area contributed by atoms with Gasteiger partial charge in [-0.3, -0.25) is 19.0 Å². The summed E-state index contributed by atoms with van der Waals surface area (Å²) in [4.78, 5) is 44.2. The molecule has 7 heteroatoms. The highest BCUT2D eigenvalue weighted by Crippen LogP contribution is 2.28. The monoisotopic (exact) mass is 482 g/mol. The van der Waals surface area contributed by atoms with Crippen molar-refractivity contribution in [3.05, 3.63) is 87.7 Å². The van der Waals surface area contributed by atoms with Crippen molar-refractivity contribution in [1.29, 1.82) is 0 Å². The first kappa shape index (κ1) is 24.9. The van der Waals surface area contributed by atoms with Crippen LogP contribution in [-0.4, -0.2) is 21.4 Å². The number of amides is 2. The Bertz CT molecular complexity index is 1540. The Morgan fingerprint density at radius 1 is 0.944 bits per heavy atom. The molecule has 0 radical (unpaired) electrons. The van der Waals surface area contributed by atoms with Gasteiger partial charge in [-0.2, -0.15) is 0 Å². The van der Waals surface area contributed by atoms with E-state index < -0.39 is 11.6 Å². The van der Waals surface area contributed by atoms with E-state index in [1.165, 1.54) is 4.57 Å². The summed E-state index contributed by atoms with van der Waals surface area (Å²) >= 11 is 0. The summed E-state index contributed by atoms with van der Waals surface area (Å²) in [5.41, 5.74) is 5.59. The Hall–Kier alpha value is -4.26. The van der Waals surface area contributed by atoms with E-state index >= 15 is 0 Å². The minimum Gasteiger partial charge on any atom is -0.325 e. The van der Waals surface area contributed by atoms with E-state index in [1.807, 2.05) is 69.3 Å². The van der Waals surface area contributed by atoms with Gasteiger partial charge in [-0.05, 0) is 69.2 Å². The third-order valence-corrected chi connectivity index (χ3v) is 6.45. The second kappa shape index (κ2) is 10.2. The van der Waals surface area contributed by atoms with Gasteiger partial charge in [0.05, 0.1) is 16.7 Å². The molecule has 1 atom stereocenters. The van der Waals surface area contributed by atoms with E-state index in [4.69, 9.17) is 0 Å². The predicted octanol–water partition coefficient (Wildman–Crippen LogP) is 5.54. The Morgan fingerprint density at radius 2 is 1.69 bits per heavy atom. The van der Waals surface area contributed by atoms with Crippen LogP contribution in [0.25, 0.3) is 22.3 Å². The molecule has 0 aliphatic carbocycles. The van der Waals surface area contributed by atoms with Crippen LogP contribution in [0.5, 0.6) is 0 Å². The van der Waals surface area contributed by atoms with Gasteiger partial charge in [0, 0.05) is 17.7 Å².